The van der Waals surface area contributed by atoms with Gasteiger partial charge in [0.15, 0.2) is 0 Å². The maximum absolute atomic E-state index is 11.9. The molecular formula is C14H24N4O. The Balaban J connectivity index is 2.68. The molecular weight excluding hydrogens is 240 g/mol. The topological polar surface area (TPSA) is 70.4 Å². The Morgan fingerprint density at radius 2 is 2.11 bits per heavy atom. The van der Waals surface area contributed by atoms with Crippen LogP contribution in [-0.4, -0.2) is 44.5 Å². The molecule has 0 atom stereocenters. The lowest BCUT2D eigenvalue weighted by atomic mass is 10.1. The van der Waals surface area contributed by atoms with Gasteiger partial charge in [-0.3, -0.25) is 4.79 Å². The van der Waals surface area contributed by atoms with Crippen LogP contribution in [0.15, 0.2) is 18.2 Å². The van der Waals surface area contributed by atoms with Gasteiger partial charge in [0, 0.05) is 24.5 Å². The highest BCUT2D eigenvalue weighted by Gasteiger charge is 2.10. The molecule has 0 fully saturated rings. The number of anilines is 2. The first-order chi connectivity index (χ1) is 9.04. The summed E-state index contributed by atoms with van der Waals surface area (Å²) in [6.07, 6.45) is 1.01. The van der Waals surface area contributed by atoms with E-state index >= 15 is 0 Å². The predicted molar refractivity (Wildman–Crippen MR) is 80.5 cm³/mol. The predicted octanol–water partition coefficient (Wildman–Crippen LogP) is 1.38. The van der Waals surface area contributed by atoms with Gasteiger partial charge in [-0.05, 0) is 52.2 Å². The van der Waals surface area contributed by atoms with Crippen LogP contribution in [0.4, 0.5) is 11.4 Å². The van der Waals surface area contributed by atoms with Crippen molar-refractivity contribution < 1.29 is 4.79 Å². The van der Waals surface area contributed by atoms with Crippen LogP contribution in [0.25, 0.3) is 0 Å². The summed E-state index contributed by atoms with van der Waals surface area (Å²) in [6, 6.07) is 5.31. The van der Waals surface area contributed by atoms with Crippen molar-refractivity contribution in [2.75, 3.05) is 44.8 Å². The number of hydrogen-bond acceptors (Lipinski definition) is 4. The second-order valence-electron chi connectivity index (χ2n) is 4.75. The van der Waals surface area contributed by atoms with E-state index in [2.05, 4.69) is 15.5 Å². The summed E-state index contributed by atoms with van der Waals surface area (Å²) < 4.78 is 0. The van der Waals surface area contributed by atoms with Gasteiger partial charge in [0.2, 0.25) is 0 Å². The molecule has 0 saturated carbocycles. The first kappa shape index (κ1) is 15.3. The van der Waals surface area contributed by atoms with E-state index in [0.29, 0.717) is 17.8 Å². The molecule has 0 heterocycles. The average molecular weight is 264 g/mol. The van der Waals surface area contributed by atoms with Gasteiger partial charge in [-0.25, -0.2) is 0 Å². The summed E-state index contributed by atoms with van der Waals surface area (Å²) in [6.45, 7) is 4.34. The summed E-state index contributed by atoms with van der Waals surface area (Å²) in [7, 11) is 4.08. The van der Waals surface area contributed by atoms with Gasteiger partial charge in [-0.15, -0.1) is 0 Å². The fourth-order valence-electron chi connectivity index (χ4n) is 1.78. The van der Waals surface area contributed by atoms with Crippen LogP contribution in [-0.2, 0) is 0 Å². The number of nitrogens with one attached hydrogen (secondary N) is 2. The number of nitrogen functional groups attached to an aromatic ring is 1. The highest BCUT2D eigenvalue weighted by atomic mass is 16.1. The van der Waals surface area contributed by atoms with Gasteiger partial charge < -0.3 is 21.3 Å². The van der Waals surface area contributed by atoms with Crippen LogP contribution in [0.3, 0.4) is 0 Å². The normalized spacial score (nSPS) is 10.5. The van der Waals surface area contributed by atoms with Crippen LogP contribution in [0.2, 0.25) is 0 Å². The van der Waals surface area contributed by atoms with E-state index in [1.54, 1.807) is 18.2 Å². The van der Waals surface area contributed by atoms with Crippen molar-refractivity contribution in [2.45, 2.75) is 13.3 Å². The van der Waals surface area contributed by atoms with E-state index < -0.39 is 0 Å². The van der Waals surface area contributed by atoms with Gasteiger partial charge in [-0.1, -0.05) is 0 Å². The molecule has 4 N–H and O–H groups in total. The molecule has 19 heavy (non-hydrogen) atoms. The van der Waals surface area contributed by atoms with E-state index in [1.807, 2.05) is 21.0 Å². The fourth-order valence-corrected chi connectivity index (χ4v) is 1.78. The molecule has 0 aliphatic heterocycles. The Morgan fingerprint density at radius 1 is 1.37 bits per heavy atom. The molecule has 0 aromatic heterocycles. The largest absolute Gasteiger partial charge is 0.399 e. The van der Waals surface area contributed by atoms with Crippen molar-refractivity contribution in [1.82, 2.24) is 10.2 Å². The SMILES string of the molecule is CCNC(=O)c1ccc(N)cc1NCCCN(C)C. The monoisotopic (exact) mass is 264 g/mol. The Kier molecular flexibility index (Phi) is 6.15. The molecule has 5 nitrogen and oxygen atoms in total. The molecule has 1 rings (SSSR count). The lowest BCUT2D eigenvalue weighted by molar-refractivity contribution is 0.0956. The molecule has 1 amide bonds. The first-order valence-corrected chi connectivity index (χ1v) is 6.61. The first-order valence-electron chi connectivity index (χ1n) is 6.61. The highest BCUT2D eigenvalue weighted by molar-refractivity contribution is 6.00. The van der Waals surface area contributed by atoms with Crippen LogP contribution in [0, 0.1) is 0 Å². The fraction of sp³-hybridized carbons (Fsp3) is 0.500. The molecule has 0 radical (unpaired) electrons. The number of amides is 1. The molecule has 0 spiro atoms. The number of rotatable bonds is 7. The zero-order valence-corrected chi connectivity index (χ0v) is 12.0. The average Bonchev–Trinajstić information content (AvgIpc) is 2.34. The van der Waals surface area contributed by atoms with E-state index in [0.717, 1.165) is 25.2 Å². The van der Waals surface area contributed by atoms with Gasteiger partial charge >= 0.3 is 0 Å². The third kappa shape index (κ3) is 5.18. The number of benzene rings is 1. The Labute approximate surface area is 115 Å². The van der Waals surface area contributed by atoms with Crippen molar-refractivity contribution in [2.24, 2.45) is 0 Å². The van der Waals surface area contributed by atoms with Crippen molar-refractivity contribution in [3.05, 3.63) is 23.8 Å². The molecule has 0 aliphatic carbocycles. The molecule has 0 saturated heterocycles. The number of hydrogen-bond donors (Lipinski definition) is 3. The third-order valence-electron chi connectivity index (χ3n) is 2.72. The molecule has 1 aromatic carbocycles. The van der Waals surface area contributed by atoms with Crippen molar-refractivity contribution in [3.8, 4) is 0 Å². The standard InChI is InChI=1S/C14H24N4O/c1-4-16-14(19)12-7-6-11(15)10-13(12)17-8-5-9-18(2)3/h6-7,10,17H,4-5,8-9,15H2,1-3H3,(H,16,19). The van der Waals surface area contributed by atoms with Crippen LogP contribution in [0.5, 0.6) is 0 Å². The molecule has 0 unspecified atom stereocenters. The number of nitrogens with two attached hydrogens (primary N) is 1. The number of nitrogens with zero attached hydrogens (tertiary/aromatic N) is 1. The second-order valence-corrected chi connectivity index (χ2v) is 4.75. The second kappa shape index (κ2) is 7.63. The maximum Gasteiger partial charge on any atom is 0.253 e. The van der Waals surface area contributed by atoms with E-state index in [9.17, 15) is 4.79 Å². The van der Waals surface area contributed by atoms with Gasteiger partial charge in [0.25, 0.3) is 5.91 Å². The number of carbonyl (C=O) groups is 1. The lowest BCUT2D eigenvalue weighted by Crippen LogP contribution is -2.24. The quantitative estimate of drug-likeness (QED) is 0.514. The maximum atomic E-state index is 11.9. The minimum Gasteiger partial charge on any atom is -0.399 e. The van der Waals surface area contributed by atoms with E-state index in [4.69, 9.17) is 5.73 Å². The van der Waals surface area contributed by atoms with Crippen LogP contribution in [0.1, 0.15) is 23.7 Å². The van der Waals surface area contributed by atoms with Crippen molar-refractivity contribution in [3.63, 3.8) is 0 Å². The summed E-state index contributed by atoms with van der Waals surface area (Å²) in [4.78, 5) is 14.0. The van der Waals surface area contributed by atoms with Gasteiger partial charge in [-0.2, -0.15) is 0 Å². The van der Waals surface area contributed by atoms with Gasteiger partial charge in [0.05, 0.1) is 5.56 Å². The Hall–Kier alpha value is -1.75. The number of carbonyl (C=O) groups excluding carboxylic acids is 1. The minimum atomic E-state index is -0.0717. The third-order valence-corrected chi connectivity index (χ3v) is 2.72. The molecule has 106 valence electrons. The zero-order chi connectivity index (χ0) is 14.3. The summed E-state index contributed by atoms with van der Waals surface area (Å²) in [5.41, 5.74) is 7.87. The molecule has 1 aromatic rings. The highest BCUT2D eigenvalue weighted by Crippen LogP contribution is 2.19. The van der Waals surface area contributed by atoms with Gasteiger partial charge in [0.1, 0.15) is 0 Å². The zero-order valence-electron chi connectivity index (χ0n) is 12.0. The van der Waals surface area contributed by atoms with Crippen molar-refractivity contribution in [1.29, 1.82) is 0 Å². The Morgan fingerprint density at radius 3 is 2.74 bits per heavy atom. The molecule has 0 aliphatic rings. The van der Waals surface area contributed by atoms with Crippen LogP contribution < -0.4 is 16.4 Å². The summed E-state index contributed by atoms with van der Waals surface area (Å²) in [5.74, 6) is -0.0717. The van der Waals surface area contributed by atoms with Crippen LogP contribution >= 0.6 is 0 Å². The minimum absolute atomic E-state index is 0.0717. The molecule has 0 bridgehead atoms. The lowest BCUT2D eigenvalue weighted by Gasteiger charge is -2.14. The molecule has 5 heteroatoms. The Bertz CT molecular complexity index is 418. The summed E-state index contributed by atoms with van der Waals surface area (Å²) in [5, 5.41) is 6.08. The van der Waals surface area contributed by atoms with E-state index in [-0.39, 0.29) is 5.91 Å². The summed E-state index contributed by atoms with van der Waals surface area (Å²) >= 11 is 0. The smallest absolute Gasteiger partial charge is 0.253 e. The van der Waals surface area contributed by atoms with Crippen molar-refractivity contribution >= 4 is 17.3 Å². The van der Waals surface area contributed by atoms with E-state index in [1.165, 1.54) is 0 Å².